The Balaban J connectivity index is 1.38. The molecule has 0 saturated carbocycles. The number of benzene rings is 2. The molecule has 0 bridgehead atoms. The Kier molecular flexibility index (Phi) is 6.42. The number of rotatable bonds is 7. The van der Waals surface area contributed by atoms with Crippen LogP contribution in [-0.4, -0.2) is 59.2 Å². The van der Waals surface area contributed by atoms with Crippen molar-refractivity contribution in [2.75, 3.05) is 32.7 Å². The lowest BCUT2D eigenvalue weighted by Gasteiger charge is -2.34. The van der Waals surface area contributed by atoms with Crippen LogP contribution in [0.4, 0.5) is 0 Å². The first kappa shape index (κ1) is 20.3. The number of aromatic nitrogens is 1. The molecule has 0 N–H and O–H groups in total. The van der Waals surface area contributed by atoms with Gasteiger partial charge in [0.1, 0.15) is 0 Å². The van der Waals surface area contributed by atoms with E-state index in [9.17, 15) is 9.59 Å². The van der Waals surface area contributed by atoms with E-state index in [1.807, 2.05) is 24.4 Å². The summed E-state index contributed by atoms with van der Waals surface area (Å²) in [6.45, 7) is 6.97. The Bertz CT molecular complexity index is 1010. The maximum Gasteiger partial charge on any atom is 0.227 e. The van der Waals surface area contributed by atoms with E-state index in [0.717, 1.165) is 60.3 Å². The number of ketones is 1. The molecule has 0 spiro atoms. The number of aldehydes is 1. The van der Waals surface area contributed by atoms with Gasteiger partial charge in [0.15, 0.2) is 6.29 Å². The largest absolute Gasteiger partial charge is 0.345 e. The van der Waals surface area contributed by atoms with E-state index < -0.39 is 5.78 Å². The van der Waals surface area contributed by atoms with Crippen LogP contribution >= 0.6 is 22.6 Å². The summed E-state index contributed by atoms with van der Waals surface area (Å²) >= 11 is 2.23. The highest BCUT2D eigenvalue weighted by molar-refractivity contribution is 14.1. The molecule has 1 saturated heterocycles. The Labute approximate surface area is 184 Å². The first-order valence-corrected chi connectivity index (χ1v) is 11.0. The lowest BCUT2D eigenvalue weighted by Crippen LogP contribution is -2.46. The molecule has 150 valence electrons. The van der Waals surface area contributed by atoms with Gasteiger partial charge in [0.2, 0.25) is 5.78 Å². The molecule has 4 rings (SSSR count). The van der Waals surface area contributed by atoms with Crippen molar-refractivity contribution in [3.05, 3.63) is 69.4 Å². The van der Waals surface area contributed by atoms with E-state index in [0.29, 0.717) is 11.8 Å². The normalized spacial score (nSPS) is 15.6. The van der Waals surface area contributed by atoms with Crippen LogP contribution in [0.25, 0.3) is 10.9 Å². The summed E-state index contributed by atoms with van der Waals surface area (Å²) in [4.78, 5) is 28.1. The van der Waals surface area contributed by atoms with Gasteiger partial charge in [-0.15, -0.1) is 0 Å². The molecule has 0 amide bonds. The second-order valence-corrected chi connectivity index (χ2v) is 8.73. The van der Waals surface area contributed by atoms with Gasteiger partial charge < -0.3 is 4.57 Å². The van der Waals surface area contributed by atoms with Crippen LogP contribution in [0.5, 0.6) is 0 Å². The molecule has 1 aliphatic rings. The van der Waals surface area contributed by atoms with E-state index in [-0.39, 0.29) is 0 Å². The average Bonchev–Trinajstić information content (AvgIpc) is 3.11. The maximum atomic E-state index is 12.0. The van der Waals surface area contributed by atoms with Crippen LogP contribution < -0.4 is 0 Å². The van der Waals surface area contributed by atoms with Crippen molar-refractivity contribution in [1.29, 1.82) is 0 Å². The monoisotopic (exact) mass is 501 g/mol. The van der Waals surface area contributed by atoms with Crippen LogP contribution in [0.3, 0.4) is 0 Å². The highest BCUT2D eigenvalue weighted by atomic mass is 127. The topological polar surface area (TPSA) is 45.6 Å². The zero-order valence-electron chi connectivity index (χ0n) is 16.3. The number of hydrogen-bond donors (Lipinski definition) is 0. The molecule has 1 fully saturated rings. The molecule has 5 nitrogen and oxygen atoms in total. The molecular weight excluding hydrogens is 477 g/mol. The molecule has 0 aliphatic carbocycles. The molecular formula is C23H24IN3O2. The molecule has 0 atom stereocenters. The summed E-state index contributed by atoms with van der Waals surface area (Å²) in [6.07, 6.45) is 2.24. The fourth-order valence-electron chi connectivity index (χ4n) is 3.98. The number of piperazine rings is 1. The van der Waals surface area contributed by atoms with Gasteiger partial charge >= 0.3 is 0 Å². The van der Waals surface area contributed by atoms with Crippen LogP contribution in [-0.2, 0) is 17.9 Å². The molecule has 6 heteroatoms. The minimum Gasteiger partial charge on any atom is -0.345 e. The molecule has 0 radical (unpaired) electrons. The summed E-state index contributed by atoms with van der Waals surface area (Å²) in [5.74, 6) is -0.453. The average molecular weight is 501 g/mol. The fraction of sp³-hybridized carbons (Fsp3) is 0.304. The summed E-state index contributed by atoms with van der Waals surface area (Å²) < 4.78 is 3.17. The van der Waals surface area contributed by atoms with E-state index in [1.165, 1.54) is 5.56 Å². The van der Waals surface area contributed by atoms with Gasteiger partial charge in [0.25, 0.3) is 0 Å². The van der Waals surface area contributed by atoms with Crippen LogP contribution in [0, 0.1) is 3.57 Å². The number of hydrogen-bond acceptors (Lipinski definition) is 4. The molecule has 3 aromatic rings. The lowest BCUT2D eigenvalue weighted by molar-refractivity contribution is -0.104. The molecule has 29 heavy (non-hydrogen) atoms. The molecule has 2 heterocycles. The quantitative estimate of drug-likeness (QED) is 0.216. The molecule has 2 aromatic carbocycles. The Hall–Kier alpha value is -2.03. The summed E-state index contributed by atoms with van der Waals surface area (Å²) in [5.41, 5.74) is 2.88. The predicted molar refractivity (Wildman–Crippen MR) is 123 cm³/mol. The minimum atomic E-state index is -0.453. The SMILES string of the molecule is O=CC(=O)c1cn(CCN2CCN(Cc3ccccc3)CC2)c2ccc(I)cc12. The van der Waals surface area contributed by atoms with Crippen molar-refractivity contribution in [3.8, 4) is 0 Å². The van der Waals surface area contributed by atoms with Gasteiger partial charge in [-0.05, 0) is 46.4 Å². The third-order valence-corrected chi connectivity index (χ3v) is 6.26. The van der Waals surface area contributed by atoms with Gasteiger partial charge in [-0.2, -0.15) is 0 Å². The number of halogens is 1. The van der Waals surface area contributed by atoms with Crippen molar-refractivity contribution in [2.24, 2.45) is 0 Å². The summed E-state index contributed by atoms with van der Waals surface area (Å²) in [7, 11) is 0. The number of carbonyl (C=O) groups is 2. The Morgan fingerprint density at radius 3 is 2.41 bits per heavy atom. The summed E-state index contributed by atoms with van der Waals surface area (Å²) in [5, 5.41) is 0.863. The van der Waals surface area contributed by atoms with Gasteiger partial charge in [0.05, 0.1) is 5.56 Å². The van der Waals surface area contributed by atoms with E-state index >= 15 is 0 Å². The van der Waals surface area contributed by atoms with Crippen LogP contribution in [0.2, 0.25) is 0 Å². The Morgan fingerprint density at radius 1 is 0.966 bits per heavy atom. The zero-order chi connectivity index (χ0) is 20.2. The number of nitrogens with zero attached hydrogens (tertiary/aromatic N) is 3. The number of carbonyl (C=O) groups excluding carboxylic acids is 2. The lowest BCUT2D eigenvalue weighted by atomic mass is 10.1. The molecule has 1 aromatic heterocycles. The van der Waals surface area contributed by atoms with Crippen LogP contribution in [0.1, 0.15) is 15.9 Å². The maximum absolute atomic E-state index is 12.0. The fourth-order valence-corrected chi connectivity index (χ4v) is 4.47. The smallest absolute Gasteiger partial charge is 0.227 e. The highest BCUT2D eigenvalue weighted by Gasteiger charge is 2.18. The van der Waals surface area contributed by atoms with Crippen molar-refractivity contribution in [3.63, 3.8) is 0 Å². The third-order valence-electron chi connectivity index (χ3n) is 5.59. The van der Waals surface area contributed by atoms with E-state index in [2.05, 4.69) is 67.3 Å². The summed E-state index contributed by atoms with van der Waals surface area (Å²) in [6, 6.07) is 16.7. The minimum absolute atomic E-state index is 0.408. The second kappa shape index (κ2) is 9.19. The number of Topliss-reactive ketones (excluding diaryl/α,β-unsaturated/α-hetero) is 1. The van der Waals surface area contributed by atoms with E-state index in [1.54, 1.807) is 0 Å². The standard InChI is InChI=1S/C23H24IN3O2/c24-19-6-7-22-20(14-19)21(23(29)17-28)16-27(22)13-12-25-8-10-26(11-9-25)15-18-4-2-1-3-5-18/h1-7,14,16-17H,8-13,15H2. The van der Waals surface area contributed by atoms with Gasteiger partial charge in [-0.3, -0.25) is 19.4 Å². The van der Waals surface area contributed by atoms with Crippen molar-refractivity contribution < 1.29 is 9.59 Å². The van der Waals surface area contributed by atoms with Crippen LogP contribution in [0.15, 0.2) is 54.7 Å². The van der Waals surface area contributed by atoms with Gasteiger partial charge in [0, 0.05) is 66.5 Å². The molecule has 1 aliphatic heterocycles. The zero-order valence-corrected chi connectivity index (χ0v) is 18.4. The van der Waals surface area contributed by atoms with Gasteiger partial charge in [-0.25, -0.2) is 0 Å². The van der Waals surface area contributed by atoms with Crippen molar-refractivity contribution in [1.82, 2.24) is 14.4 Å². The predicted octanol–water partition coefficient (Wildman–Crippen LogP) is 3.45. The van der Waals surface area contributed by atoms with E-state index in [4.69, 9.17) is 0 Å². The van der Waals surface area contributed by atoms with Crippen molar-refractivity contribution >= 4 is 45.6 Å². The van der Waals surface area contributed by atoms with Gasteiger partial charge in [-0.1, -0.05) is 30.3 Å². The Morgan fingerprint density at radius 2 is 1.69 bits per heavy atom. The molecule has 0 unspecified atom stereocenters. The van der Waals surface area contributed by atoms with Crippen molar-refractivity contribution in [2.45, 2.75) is 13.1 Å². The highest BCUT2D eigenvalue weighted by Crippen LogP contribution is 2.24. The second-order valence-electron chi connectivity index (χ2n) is 7.48. The number of fused-ring (bicyclic) bond motifs is 1. The third kappa shape index (κ3) is 4.76. The first-order valence-electron chi connectivity index (χ1n) is 9.90. The first-order chi connectivity index (χ1) is 14.1.